The van der Waals surface area contributed by atoms with Crippen molar-refractivity contribution in [3.8, 4) is 0 Å². The molecule has 6 nitrogen and oxygen atoms in total. The molecule has 0 saturated carbocycles. The standard InChI is InChI=1S/C21H26F3N5O.HI/c1-2-25-20(28-15-17-5-3-4-8-26-17)27-14-16-6-7-18(13-19(16)21(22,23)24)29-9-11-30-12-10-29;/h3-8,13H,2,9-12,14-15H2,1H3,(H2,25,27,28);1H. The van der Waals surface area contributed by atoms with Crippen molar-refractivity contribution in [1.82, 2.24) is 15.6 Å². The van der Waals surface area contributed by atoms with Crippen molar-refractivity contribution in [2.24, 2.45) is 4.99 Å². The zero-order valence-corrected chi connectivity index (χ0v) is 19.6. The average Bonchev–Trinajstić information content (AvgIpc) is 2.76. The number of guanidine groups is 1. The third kappa shape index (κ3) is 7.53. The number of nitrogens with zero attached hydrogens (tertiary/aromatic N) is 3. The second-order valence-corrected chi connectivity index (χ2v) is 6.81. The van der Waals surface area contributed by atoms with Crippen LogP contribution in [0.2, 0.25) is 0 Å². The number of pyridine rings is 1. The number of halogens is 4. The molecule has 0 unspecified atom stereocenters. The lowest BCUT2D eigenvalue weighted by atomic mass is 10.1. The largest absolute Gasteiger partial charge is 0.416 e. The molecule has 2 N–H and O–H groups in total. The highest BCUT2D eigenvalue weighted by atomic mass is 127. The Balaban J connectivity index is 0.00000341. The van der Waals surface area contributed by atoms with Gasteiger partial charge in [-0.3, -0.25) is 4.98 Å². The SMILES string of the molecule is CCNC(=NCc1ccc(N2CCOCC2)cc1C(F)(F)F)NCc1ccccn1.I. The van der Waals surface area contributed by atoms with Crippen LogP contribution in [0.1, 0.15) is 23.7 Å². The minimum Gasteiger partial charge on any atom is -0.378 e. The predicted octanol–water partition coefficient (Wildman–Crippen LogP) is 3.81. The summed E-state index contributed by atoms with van der Waals surface area (Å²) in [4.78, 5) is 10.5. The van der Waals surface area contributed by atoms with E-state index in [1.165, 1.54) is 12.1 Å². The molecule has 1 aliphatic heterocycles. The molecule has 31 heavy (non-hydrogen) atoms. The van der Waals surface area contributed by atoms with Crippen molar-refractivity contribution in [3.63, 3.8) is 0 Å². The van der Waals surface area contributed by atoms with Gasteiger partial charge in [-0.25, -0.2) is 4.99 Å². The first kappa shape index (κ1) is 25.2. The molecule has 2 aromatic rings. The number of aliphatic imine (C=N–C) groups is 1. The lowest BCUT2D eigenvalue weighted by molar-refractivity contribution is -0.138. The summed E-state index contributed by atoms with van der Waals surface area (Å²) in [5.74, 6) is 0.438. The molecule has 0 radical (unpaired) electrons. The lowest BCUT2D eigenvalue weighted by Crippen LogP contribution is -2.37. The first-order valence-corrected chi connectivity index (χ1v) is 9.92. The number of rotatable bonds is 6. The van der Waals surface area contributed by atoms with Gasteiger partial charge in [0.05, 0.1) is 37.6 Å². The minimum absolute atomic E-state index is 0. The summed E-state index contributed by atoms with van der Waals surface area (Å²) >= 11 is 0. The maximum absolute atomic E-state index is 13.7. The summed E-state index contributed by atoms with van der Waals surface area (Å²) in [6, 6.07) is 10.0. The fraction of sp³-hybridized carbons (Fsp3) is 0.429. The summed E-state index contributed by atoms with van der Waals surface area (Å²) in [5, 5.41) is 6.15. The first-order chi connectivity index (χ1) is 14.5. The van der Waals surface area contributed by atoms with E-state index in [0.717, 1.165) is 5.69 Å². The van der Waals surface area contributed by atoms with Crippen LogP contribution in [-0.2, 0) is 24.0 Å². The molecule has 1 saturated heterocycles. The summed E-state index contributed by atoms with van der Waals surface area (Å²) < 4.78 is 46.4. The Bertz CT molecular complexity index is 843. The van der Waals surface area contributed by atoms with Crippen LogP contribution in [-0.4, -0.2) is 43.8 Å². The quantitative estimate of drug-likeness (QED) is 0.326. The maximum Gasteiger partial charge on any atom is 0.416 e. The number of benzene rings is 1. The molecule has 1 aromatic heterocycles. The molecule has 1 aliphatic rings. The van der Waals surface area contributed by atoms with Gasteiger partial charge in [0, 0.05) is 31.5 Å². The third-order valence-electron chi connectivity index (χ3n) is 4.69. The van der Waals surface area contributed by atoms with Gasteiger partial charge in [0.2, 0.25) is 0 Å². The van der Waals surface area contributed by atoms with Gasteiger partial charge < -0.3 is 20.3 Å². The van der Waals surface area contributed by atoms with Crippen LogP contribution in [0.15, 0.2) is 47.6 Å². The molecule has 1 aromatic carbocycles. The molecule has 170 valence electrons. The number of hydrogen-bond donors (Lipinski definition) is 2. The Kier molecular flexibility index (Phi) is 9.82. The number of anilines is 1. The highest BCUT2D eigenvalue weighted by Crippen LogP contribution is 2.35. The summed E-state index contributed by atoms with van der Waals surface area (Å²) in [6.07, 6.45) is -2.76. The highest BCUT2D eigenvalue weighted by molar-refractivity contribution is 14.0. The van der Waals surface area contributed by atoms with E-state index in [4.69, 9.17) is 4.74 Å². The van der Waals surface area contributed by atoms with Crippen molar-refractivity contribution < 1.29 is 17.9 Å². The Morgan fingerprint density at radius 3 is 2.58 bits per heavy atom. The normalized spacial score (nSPS) is 14.7. The molecule has 2 heterocycles. The second kappa shape index (κ2) is 12.1. The Morgan fingerprint density at radius 2 is 1.94 bits per heavy atom. The molecule has 0 bridgehead atoms. The monoisotopic (exact) mass is 549 g/mol. The number of alkyl halides is 3. The Hall–Kier alpha value is -2.08. The fourth-order valence-electron chi connectivity index (χ4n) is 3.17. The van der Waals surface area contributed by atoms with Gasteiger partial charge in [-0.1, -0.05) is 12.1 Å². The second-order valence-electron chi connectivity index (χ2n) is 6.81. The predicted molar refractivity (Wildman–Crippen MR) is 126 cm³/mol. The molecule has 0 spiro atoms. The number of aromatic nitrogens is 1. The van der Waals surface area contributed by atoms with Gasteiger partial charge in [-0.05, 0) is 36.8 Å². The van der Waals surface area contributed by atoms with Crippen LogP contribution in [0.25, 0.3) is 0 Å². The molecule has 0 aliphatic carbocycles. The highest BCUT2D eigenvalue weighted by Gasteiger charge is 2.34. The van der Waals surface area contributed by atoms with E-state index in [2.05, 4.69) is 20.6 Å². The van der Waals surface area contributed by atoms with E-state index in [1.807, 2.05) is 30.0 Å². The number of morpholine rings is 1. The van der Waals surface area contributed by atoms with Crippen LogP contribution in [0.4, 0.5) is 18.9 Å². The molecular weight excluding hydrogens is 522 g/mol. The van der Waals surface area contributed by atoms with Crippen molar-refractivity contribution in [2.45, 2.75) is 26.2 Å². The van der Waals surface area contributed by atoms with E-state index in [9.17, 15) is 13.2 Å². The van der Waals surface area contributed by atoms with Crippen molar-refractivity contribution >= 4 is 35.6 Å². The third-order valence-corrected chi connectivity index (χ3v) is 4.69. The van der Waals surface area contributed by atoms with Crippen LogP contribution in [0.3, 0.4) is 0 Å². The van der Waals surface area contributed by atoms with E-state index in [-0.39, 0.29) is 36.1 Å². The van der Waals surface area contributed by atoms with Crippen molar-refractivity contribution in [2.75, 3.05) is 37.7 Å². The summed E-state index contributed by atoms with van der Waals surface area (Å²) in [6.45, 7) is 5.02. The number of hydrogen-bond acceptors (Lipinski definition) is 4. The summed E-state index contributed by atoms with van der Waals surface area (Å²) in [5.41, 5.74) is 0.845. The molecular formula is C21H27F3IN5O. The van der Waals surface area contributed by atoms with Gasteiger partial charge in [-0.15, -0.1) is 24.0 Å². The topological polar surface area (TPSA) is 61.8 Å². The average molecular weight is 549 g/mol. The lowest BCUT2D eigenvalue weighted by Gasteiger charge is -2.29. The van der Waals surface area contributed by atoms with Gasteiger partial charge >= 0.3 is 6.18 Å². The van der Waals surface area contributed by atoms with Crippen LogP contribution in [0, 0.1) is 0 Å². The molecule has 1 fully saturated rings. The van der Waals surface area contributed by atoms with E-state index >= 15 is 0 Å². The molecule has 3 rings (SSSR count). The van der Waals surface area contributed by atoms with Gasteiger partial charge in [0.1, 0.15) is 0 Å². The van der Waals surface area contributed by atoms with Gasteiger partial charge in [-0.2, -0.15) is 13.2 Å². The van der Waals surface area contributed by atoms with Crippen LogP contribution < -0.4 is 15.5 Å². The van der Waals surface area contributed by atoms with Crippen LogP contribution in [0.5, 0.6) is 0 Å². The van der Waals surface area contributed by atoms with Gasteiger partial charge in [0.25, 0.3) is 0 Å². The van der Waals surface area contributed by atoms with Gasteiger partial charge in [0.15, 0.2) is 5.96 Å². The molecule has 10 heteroatoms. The number of nitrogens with one attached hydrogen (secondary N) is 2. The van der Waals surface area contributed by atoms with Crippen LogP contribution >= 0.6 is 24.0 Å². The zero-order chi connectivity index (χ0) is 21.4. The summed E-state index contributed by atoms with van der Waals surface area (Å²) in [7, 11) is 0. The van der Waals surface area contributed by atoms with E-state index < -0.39 is 11.7 Å². The van der Waals surface area contributed by atoms with Crippen molar-refractivity contribution in [3.05, 3.63) is 59.4 Å². The number of ether oxygens (including phenoxy) is 1. The smallest absolute Gasteiger partial charge is 0.378 e. The Labute approximate surface area is 197 Å². The fourth-order valence-corrected chi connectivity index (χ4v) is 3.17. The zero-order valence-electron chi connectivity index (χ0n) is 17.3. The molecule has 0 amide bonds. The van der Waals surface area contributed by atoms with E-state index in [1.54, 1.807) is 12.3 Å². The Morgan fingerprint density at radius 1 is 1.16 bits per heavy atom. The maximum atomic E-state index is 13.7. The first-order valence-electron chi connectivity index (χ1n) is 9.92. The molecule has 0 atom stereocenters. The van der Waals surface area contributed by atoms with Crippen molar-refractivity contribution in [1.29, 1.82) is 0 Å². The van der Waals surface area contributed by atoms with E-state index in [0.29, 0.717) is 51.0 Å². The minimum atomic E-state index is -4.45.